The average Bonchev–Trinajstić information content (AvgIpc) is 2.56. The first-order valence-corrected chi connectivity index (χ1v) is 8.78. The molecule has 0 aliphatic rings. The van der Waals surface area contributed by atoms with Crippen molar-refractivity contribution in [3.8, 4) is 5.75 Å². The second-order valence-corrected chi connectivity index (χ2v) is 6.81. The number of hydrogen-bond donors (Lipinski definition) is 1. The van der Waals surface area contributed by atoms with Gasteiger partial charge in [0.15, 0.2) is 6.61 Å². The summed E-state index contributed by atoms with van der Waals surface area (Å²) in [5, 5.41) is 3.38. The van der Waals surface area contributed by atoms with Crippen LogP contribution in [0.25, 0.3) is 0 Å². The molecule has 0 bridgehead atoms. The van der Waals surface area contributed by atoms with Gasteiger partial charge in [0.2, 0.25) is 0 Å². The molecule has 0 unspecified atom stereocenters. The molecule has 0 aliphatic carbocycles. The van der Waals surface area contributed by atoms with Gasteiger partial charge in [-0.05, 0) is 50.2 Å². The van der Waals surface area contributed by atoms with Crippen molar-refractivity contribution >= 4 is 52.4 Å². The predicted octanol–water partition coefficient (Wildman–Crippen LogP) is 5.23. The first kappa shape index (κ1) is 20.4. The van der Waals surface area contributed by atoms with E-state index in [2.05, 4.69) is 5.32 Å². The zero-order chi connectivity index (χ0) is 19.3. The van der Waals surface area contributed by atoms with Crippen LogP contribution >= 0.6 is 34.8 Å². The minimum absolute atomic E-state index is 0.200. The Morgan fingerprint density at radius 2 is 1.62 bits per heavy atom. The van der Waals surface area contributed by atoms with Gasteiger partial charge in [-0.1, -0.05) is 34.8 Å². The van der Waals surface area contributed by atoms with Gasteiger partial charge in [-0.15, -0.1) is 0 Å². The average molecular weight is 417 g/mol. The Morgan fingerprint density at radius 1 is 1.04 bits per heavy atom. The summed E-state index contributed by atoms with van der Waals surface area (Å²) in [6.45, 7) is 3.28. The van der Waals surface area contributed by atoms with E-state index in [1.54, 1.807) is 38.1 Å². The number of anilines is 1. The van der Waals surface area contributed by atoms with Gasteiger partial charge in [-0.2, -0.15) is 0 Å². The van der Waals surface area contributed by atoms with Crippen LogP contribution in [0.5, 0.6) is 5.75 Å². The maximum atomic E-state index is 12.0. The van der Waals surface area contributed by atoms with Crippen LogP contribution in [0.3, 0.4) is 0 Å². The van der Waals surface area contributed by atoms with Crippen LogP contribution in [0, 0.1) is 0 Å². The second-order valence-electron chi connectivity index (χ2n) is 5.56. The summed E-state index contributed by atoms with van der Waals surface area (Å²) < 4.78 is 10.5. The normalized spacial score (nSPS) is 10.5. The lowest BCUT2D eigenvalue weighted by molar-refractivity contribution is -0.118. The topological polar surface area (TPSA) is 64.6 Å². The number of esters is 1. The Balaban J connectivity index is 1.92. The monoisotopic (exact) mass is 415 g/mol. The Morgan fingerprint density at radius 3 is 2.15 bits per heavy atom. The lowest BCUT2D eigenvalue weighted by Gasteiger charge is -2.11. The molecule has 0 heterocycles. The van der Waals surface area contributed by atoms with Crippen molar-refractivity contribution in [1.82, 2.24) is 0 Å². The van der Waals surface area contributed by atoms with E-state index in [0.717, 1.165) is 0 Å². The van der Waals surface area contributed by atoms with E-state index in [-0.39, 0.29) is 28.4 Å². The van der Waals surface area contributed by atoms with Crippen LogP contribution in [-0.4, -0.2) is 24.6 Å². The molecule has 0 saturated carbocycles. The Bertz CT molecular complexity index is 784. The van der Waals surface area contributed by atoms with E-state index >= 15 is 0 Å². The van der Waals surface area contributed by atoms with Gasteiger partial charge < -0.3 is 14.8 Å². The van der Waals surface area contributed by atoms with E-state index < -0.39 is 11.9 Å². The quantitative estimate of drug-likeness (QED) is 0.655. The Labute approximate surface area is 166 Å². The minimum Gasteiger partial charge on any atom is -0.484 e. The molecule has 1 amide bonds. The highest BCUT2D eigenvalue weighted by Gasteiger charge is 2.13. The fraction of sp³-hybridized carbons (Fsp3) is 0.222. The number of hydrogen-bond acceptors (Lipinski definition) is 4. The van der Waals surface area contributed by atoms with Gasteiger partial charge in [-0.25, -0.2) is 4.79 Å². The summed E-state index contributed by atoms with van der Waals surface area (Å²) in [6, 6.07) is 9.22. The number of nitrogens with one attached hydrogen (secondary N) is 1. The number of carbonyl (C=O) groups excluding carboxylic acids is 2. The molecule has 2 aromatic rings. The van der Waals surface area contributed by atoms with Crippen molar-refractivity contribution in [3.05, 3.63) is 57.0 Å². The third-order valence-corrected chi connectivity index (χ3v) is 3.89. The minimum atomic E-state index is -0.445. The molecule has 0 atom stereocenters. The lowest BCUT2D eigenvalue weighted by Crippen LogP contribution is -2.20. The van der Waals surface area contributed by atoms with Crippen molar-refractivity contribution in [1.29, 1.82) is 0 Å². The fourth-order valence-corrected chi connectivity index (χ4v) is 2.87. The molecule has 2 rings (SSSR count). The maximum Gasteiger partial charge on any atom is 0.338 e. The summed E-state index contributed by atoms with van der Waals surface area (Å²) in [6.07, 6.45) is -0.200. The van der Waals surface area contributed by atoms with Crippen LogP contribution < -0.4 is 10.1 Å². The number of rotatable bonds is 6. The molecule has 1 N–H and O–H groups in total. The van der Waals surface area contributed by atoms with Crippen molar-refractivity contribution in [2.45, 2.75) is 20.0 Å². The van der Waals surface area contributed by atoms with Gasteiger partial charge in [0.1, 0.15) is 5.75 Å². The maximum absolute atomic E-state index is 12.0. The zero-order valence-corrected chi connectivity index (χ0v) is 16.3. The van der Waals surface area contributed by atoms with E-state index in [4.69, 9.17) is 44.3 Å². The van der Waals surface area contributed by atoms with E-state index in [1.807, 2.05) is 0 Å². The molecular formula is C18H16Cl3NO4. The summed E-state index contributed by atoms with van der Waals surface area (Å²) >= 11 is 17.8. The molecule has 0 aromatic heterocycles. The number of carbonyl (C=O) groups is 2. The van der Waals surface area contributed by atoms with Crippen LogP contribution in [0.15, 0.2) is 36.4 Å². The first-order valence-electron chi connectivity index (χ1n) is 7.64. The highest BCUT2D eigenvalue weighted by Crippen LogP contribution is 2.33. The lowest BCUT2D eigenvalue weighted by atomic mass is 10.2. The first-order chi connectivity index (χ1) is 12.3. The summed E-state index contributed by atoms with van der Waals surface area (Å²) in [5.74, 6) is -0.440. The smallest absolute Gasteiger partial charge is 0.338 e. The molecule has 2 aromatic carbocycles. The summed E-state index contributed by atoms with van der Waals surface area (Å²) in [4.78, 5) is 23.8. The van der Waals surface area contributed by atoms with Crippen LogP contribution in [0.4, 0.5) is 5.69 Å². The van der Waals surface area contributed by atoms with Crippen LogP contribution in [0.1, 0.15) is 24.2 Å². The fourth-order valence-electron chi connectivity index (χ4n) is 1.96. The van der Waals surface area contributed by atoms with Crippen LogP contribution in [-0.2, 0) is 9.53 Å². The van der Waals surface area contributed by atoms with Gasteiger partial charge >= 0.3 is 5.97 Å². The van der Waals surface area contributed by atoms with Crippen molar-refractivity contribution in [2.75, 3.05) is 11.9 Å². The van der Waals surface area contributed by atoms with Crippen LogP contribution in [0.2, 0.25) is 15.1 Å². The molecular weight excluding hydrogens is 401 g/mol. The standard InChI is InChI=1S/C18H16Cl3NO4/c1-10(2)26-18(24)11-3-5-13(6-4-11)25-9-16(23)22-17-14(20)7-12(19)8-15(17)21/h3-8,10H,9H2,1-2H3,(H,22,23). The second kappa shape index (κ2) is 9.12. The largest absolute Gasteiger partial charge is 0.484 e. The van der Waals surface area contributed by atoms with E-state index in [0.29, 0.717) is 16.3 Å². The number of halogens is 3. The van der Waals surface area contributed by atoms with Crippen molar-refractivity contribution < 1.29 is 19.1 Å². The SMILES string of the molecule is CC(C)OC(=O)c1ccc(OCC(=O)Nc2c(Cl)cc(Cl)cc2Cl)cc1. The molecule has 0 spiro atoms. The molecule has 8 heteroatoms. The van der Waals surface area contributed by atoms with Crippen molar-refractivity contribution in [2.24, 2.45) is 0 Å². The van der Waals surface area contributed by atoms with Gasteiger partial charge in [0, 0.05) is 5.02 Å². The number of benzene rings is 2. The van der Waals surface area contributed by atoms with Gasteiger partial charge in [0.05, 0.1) is 27.4 Å². The Kier molecular flexibility index (Phi) is 7.14. The highest BCUT2D eigenvalue weighted by molar-refractivity contribution is 6.42. The summed E-state index contributed by atoms with van der Waals surface area (Å²) in [5.41, 5.74) is 0.661. The third-order valence-electron chi connectivity index (χ3n) is 3.07. The van der Waals surface area contributed by atoms with Gasteiger partial charge in [0.25, 0.3) is 5.91 Å². The van der Waals surface area contributed by atoms with Crippen molar-refractivity contribution in [3.63, 3.8) is 0 Å². The Hall–Kier alpha value is -1.95. The number of amides is 1. The molecule has 138 valence electrons. The zero-order valence-electron chi connectivity index (χ0n) is 14.0. The molecule has 0 aliphatic heterocycles. The predicted molar refractivity (Wildman–Crippen MR) is 103 cm³/mol. The highest BCUT2D eigenvalue weighted by atomic mass is 35.5. The van der Waals surface area contributed by atoms with E-state index in [1.165, 1.54) is 12.1 Å². The molecule has 0 fully saturated rings. The molecule has 5 nitrogen and oxygen atoms in total. The molecule has 0 saturated heterocycles. The molecule has 0 radical (unpaired) electrons. The molecule has 26 heavy (non-hydrogen) atoms. The van der Waals surface area contributed by atoms with E-state index in [9.17, 15) is 9.59 Å². The van der Waals surface area contributed by atoms with Gasteiger partial charge in [-0.3, -0.25) is 4.79 Å². The third kappa shape index (κ3) is 5.80. The number of ether oxygens (including phenoxy) is 2. The summed E-state index contributed by atoms with van der Waals surface area (Å²) in [7, 11) is 0.